The summed E-state index contributed by atoms with van der Waals surface area (Å²) in [4.78, 5) is 8.14. The maximum absolute atomic E-state index is 11.1. The lowest BCUT2D eigenvalue weighted by molar-refractivity contribution is 0.584. The summed E-state index contributed by atoms with van der Waals surface area (Å²) >= 11 is 0. The van der Waals surface area contributed by atoms with Crippen LogP contribution in [-0.4, -0.2) is 37.2 Å². The van der Waals surface area contributed by atoms with Crippen molar-refractivity contribution in [3.8, 4) is 0 Å². The molecule has 0 aliphatic heterocycles. The Morgan fingerprint density at radius 3 is 2.69 bits per heavy atom. The van der Waals surface area contributed by atoms with Crippen LogP contribution >= 0.6 is 0 Å². The van der Waals surface area contributed by atoms with Gasteiger partial charge in [0, 0.05) is 19.3 Å². The Bertz CT molecular complexity index is 433. The van der Waals surface area contributed by atoms with E-state index in [9.17, 15) is 8.42 Å². The highest BCUT2D eigenvalue weighted by Gasteiger charge is 2.04. The van der Waals surface area contributed by atoms with Crippen molar-refractivity contribution in [2.24, 2.45) is 0 Å². The molecule has 2 N–H and O–H groups in total. The molecule has 0 fully saturated rings. The molecule has 0 amide bonds. The van der Waals surface area contributed by atoms with E-state index in [0.29, 0.717) is 18.9 Å². The highest BCUT2D eigenvalue weighted by Crippen LogP contribution is 1.99. The van der Waals surface area contributed by atoms with Crippen molar-refractivity contribution in [3.05, 3.63) is 18.1 Å². The maximum Gasteiger partial charge on any atom is 0.211 e. The summed E-state index contributed by atoms with van der Waals surface area (Å²) in [5.74, 6) is 0.743. The summed E-state index contributed by atoms with van der Waals surface area (Å²) < 4.78 is 24.7. The van der Waals surface area contributed by atoms with E-state index in [-0.39, 0.29) is 5.75 Å². The monoisotopic (exact) mass is 244 g/mol. The largest absolute Gasteiger partial charge is 0.367 e. The highest BCUT2D eigenvalue weighted by atomic mass is 32.2. The average Bonchev–Trinajstić information content (AvgIpc) is 2.25. The predicted octanol–water partition coefficient (Wildman–Crippen LogP) is 0.136. The minimum atomic E-state index is -3.11. The van der Waals surface area contributed by atoms with Crippen LogP contribution in [0, 0.1) is 6.92 Å². The lowest BCUT2D eigenvalue weighted by Crippen LogP contribution is -2.30. The number of anilines is 1. The molecule has 6 nitrogen and oxygen atoms in total. The van der Waals surface area contributed by atoms with Gasteiger partial charge in [-0.2, -0.15) is 0 Å². The molecule has 7 heteroatoms. The number of sulfonamides is 1. The highest BCUT2D eigenvalue weighted by molar-refractivity contribution is 7.89. The number of hydrogen-bond acceptors (Lipinski definition) is 5. The molecule has 0 atom stereocenters. The van der Waals surface area contributed by atoms with Gasteiger partial charge in [-0.05, 0) is 13.8 Å². The number of rotatable bonds is 6. The Labute approximate surface area is 95.6 Å². The van der Waals surface area contributed by atoms with E-state index in [4.69, 9.17) is 0 Å². The van der Waals surface area contributed by atoms with E-state index < -0.39 is 10.0 Å². The van der Waals surface area contributed by atoms with Crippen molar-refractivity contribution < 1.29 is 8.42 Å². The van der Waals surface area contributed by atoms with Crippen LogP contribution in [0.15, 0.2) is 12.4 Å². The zero-order valence-corrected chi connectivity index (χ0v) is 10.2. The van der Waals surface area contributed by atoms with Gasteiger partial charge in [-0.25, -0.2) is 18.1 Å². The fourth-order valence-corrected chi connectivity index (χ4v) is 1.66. The first-order valence-electron chi connectivity index (χ1n) is 5.03. The molecule has 1 aromatic heterocycles. The summed E-state index contributed by atoms with van der Waals surface area (Å²) in [6.07, 6.45) is 3.26. The molecular formula is C9H16N4O2S. The summed E-state index contributed by atoms with van der Waals surface area (Å²) in [5.41, 5.74) is 0.819. The molecular weight excluding hydrogens is 228 g/mol. The average molecular weight is 244 g/mol. The van der Waals surface area contributed by atoms with Gasteiger partial charge < -0.3 is 5.32 Å². The van der Waals surface area contributed by atoms with Gasteiger partial charge in [0.05, 0.1) is 17.6 Å². The van der Waals surface area contributed by atoms with Crippen molar-refractivity contribution in [2.45, 2.75) is 13.8 Å². The van der Waals surface area contributed by atoms with Crippen molar-refractivity contribution in [2.75, 3.05) is 24.2 Å². The van der Waals surface area contributed by atoms with Crippen LogP contribution in [0.3, 0.4) is 0 Å². The smallest absolute Gasteiger partial charge is 0.211 e. The van der Waals surface area contributed by atoms with Gasteiger partial charge in [0.25, 0.3) is 0 Å². The van der Waals surface area contributed by atoms with Crippen molar-refractivity contribution in [1.82, 2.24) is 14.7 Å². The molecule has 0 aromatic carbocycles. The molecule has 1 aromatic rings. The summed E-state index contributed by atoms with van der Waals surface area (Å²) in [7, 11) is -3.11. The number of aryl methyl sites for hydroxylation is 1. The fourth-order valence-electron chi connectivity index (χ4n) is 1.05. The molecule has 0 aliphatic rings. The van der Waals surface area contributed by atoms with Gasteiger partial charge in [-0.15, -0.1) is 0 Å². The molecule has 90 valence electrons. The van der Waals surface area contributed by atoms with Crippen LogP contribution in [0.25, 0.3) is 0 Å². The van der Waals surface area contributed by atoms with Gasteiger partial charge in [0.2, 0.25) is 10.0 Å². The summed E-state index contributed by atoms with van der Waals surface area (Å²) in [6.45, 7) is 4.27. The van der Waals surface area contributed by atoms with E-state index in [1.165, 1.54) is 0 Å². The number of nitrogens with one attached hydrogen (secondary N) is 2. The minimum Gasteiger partial charge on any atom is -0.367 e. The Balaban J connectivity index is 2.32. The third-order valence-electron chi connectivity index (χ3n) is 1.89. The molecule has 0 aliphatic carbocycles. The van der Waals surface area contributed by atoms with Crippen LogP contribution in [0.2, 0.25) is 0 Å². The number of nitrogens with zero attached hydrogens (tertiary/aromatic N) is 2. The Hall–Kier alpha value is -1.21. The lowest BCUT2D eigenvalue weighted by Gasteiger charge is -2.06. The molecule has 0 spiro atoms. The van der Waals surface area contributed by atoms with Crippen molar-refractivity contribution in [3.63, 3.8) is 0 Å². The molecule has 1 heterocycles. The van der Waals surface area contributed by atoms with Gasteiger partial charge in [0.1, 0.15) is 5.82 Å². The Morgan fingerprint density at radius 2 is 2.06 bits per heavy atom. The Kier molecular flexibility index (Phi) is 4.63. The molecule has 0 radical (unpaired) electrons. The van der Waals surface area contributed by atoms with Gasteiger partial charge in [-0.3, -0.25) is 4.98 Å². The predicted molar refractivity (Wildman–Crippen MR) is 62.7 cm³/mol. The number of aromatic nitrogens is 2. The Morgan fingerprint density at radius 1 is 1.31 bits per heavy atom. The van der Waals surface area contributed by atoms with E-state index in [1.807, 2.05) is 6.92 Å². The first kappa shape index (κ1) is 12.9. The van der Waals surface area contributed by atoms with E-state index >= 15 is 0 Å². The molecule has 0 unspecified atom stereocenters. The van der Waals surface area contributed by atoms with Crippen molar-refractivity contribution >= 4 is 15.8 Å². The van der Waals surface area contributed by atoms with Crippen LogP contribution in [-0.2, 0) is 10.0 Å². The number of hydrogen-bond donors (Lipinski definition) is 2. The minimum absolute atomic E-state index is 0.0945. The van der Waals surface area contributed by atoms with Gasteiger partial charge in [0.15, 0.2) is 0 Å². The van der Waals surface area contributed by atoms with Crippen LogP contribution in [0.4, 0.5) is 5.82 Å². The zero-order chi connectivity index (χ0) is 12.0. The normalized spacial score (nSPS) is 11.4. The molecule has 0 saturated heterocycles. The first-order valence-corrected chi connectivity index (χ1v) is 6.68. The standard InChI is InChI=1S/C9H16N4O2S/c1-3-16(14,15)12-5-4-11-9-7-10-6-8(2)13-9/h6-7,12H,3-5H2,1-2H3,(H,11,13). The molecule has 0 bridgehead atoms. The van der Waals surface area contributed by atoms with Crippen LogP contribution in [0.5, 0.6) is 0 Å². The summed E-state index contributed by atoms with van der Waals surface area (Å²) in [6, 6.07) is 0. The first-order chi connectivity index (χ1) is 7.53. The lowest BCUT2D eigenvalue weighted by atomic mass is 10.5. The third-order valence-corrected chi connectivity index (χ3v) is 3.29. The molecule has 16 heavy (non-hydrogen) atoms. The summed E-state index contributed by atoms with van der Waals surface area (Å²) in [5, 5.41) is 2.98. The van der Waals surface area contributed by atoms with E-state index in [2.05, 4.69) is 20.0 Å². The second-order valence-electron chi connectivity index (χ2n) is 3.27. The van der Waals surface area contributed by atoms with Gasteiger partial charge in [-0.1, -0.05) is 0 Å². The van der Waals surface area contributed by atoms with Crippen LogP contribution < -0.4 is 10.0 Å². The van der Waals surface area contributed by atoms with Gasteiger partial charge >= 0.3 is 0 Å². The SMILES string of the molecule is CCS(=O)(=O)NCCNc1cncc(C)n1. The zero-order valence-electron chi connectivity index (χ0n) is 9.40. The topological polar surface area (TPSA) is 84.0 Å². The second kappa shape index (κ2) is 5.76. The second-order valence-corrected chi connectivity index (χ2v) is 5.37. The van der Waals surface area contributed by atoms with Crippen LogP contribution in [0.1, 0.15) is 12.6 Å². The quantitative estimate of drug-likeness (QED) is 0.695. The molecule has 0 saturated carbocycles. The third kappa shape index (κ3) is 4.54. The van der Waals surface area contributed by atoms with E-state index in [1.54, 1.807) is 19.3 Å². The molecule has 1 rings (SSSR count). The van der Waals surface area contributed by atoms with E-state index in [0.717, 1.165) is 5.69 Å². The fraction of sp³-hybridized carbons (Fsp3) is 0.556. The maximum atomic E-state index is 11.1. The van der Waals surface area contributed by atoms with Crippen molar-refractivity contribution in [1.29, 1.82) is 0 Å².